The minimum Gasteiger partial charge on any atom is -0.382 e. The van der Waals surface area contributed by atoms with E-state index in [9.17, 15) is 22.8 Å². The van der Waals surface area contributed by atoms with Crippen molar-refractivity contribution in [3.8, 4) is 11.3 Å². The fraction of sp³-hybridized carbons (Fsp3) is 0.346. The highest BCUT2D eigenvalue weighted by Gasteiger charge is 2.35. The highest BCUT2D eigenvalue weighted by Crippen LogP contribution is 2.36. The van der Waals surface area contributed by atoms with E-state index in [0.717, 1.165) is 26.0 Å². The van der Waals surface area contributed by atoms with Gasteiger partial charge in [-0.3, -0.25) is 18.7 Å². The summed E-state index contributed by atoms with van der Waals surface area (Å²) in [6.45, 7) is 3.03. The molecule has 5 rings (SSSR count). The van der Waals surface area contributed by atoms with Gasteiger partial charge in [-0.05, 0) is 25.0 Å². The fourth-order valence-corrected chi connectivity index (χ4v) is 5.23. The van der Waals surface area contributed by atoms with Gasteiger partial charge in [-0.15, -0.1) is 0 Å². The van der Waals surface area contributed by atoms with Gasteiger partial charge in [0.2, 0.25) is 5.91 Å². The Bertz CT molecular complexity index is 1600. The van der Waals surface area contributed by atoms with Crippen LogP contribution >= 0.6 is 11.6 Å². The Morgan fingerprint density at radius 2 is 1.95 bits per heavy atom. The Hall–Kier alpha value is -4.13. The van der Waals surface area contributed by atoms with Crippen molar-refractivity contribution in [1.82, 2.24) is 29.0 Å². The van der Waals surface area contributed by atoms with E-state index in [-0.39, 0.29) is 29.0 Å². The van der Waals surface area contributed by atoms with Crippen LogP contribution in [0, 0.1) is 0 Å². The van der Waals surface area contributed by atoms with Gasteiger partial charge >= 0.3 is 6.18 Å². The van der Waals surface area contributed by atoms with Crippen LogP contribution in [0.2, 0.25) is 5.15 Å². The largest absolute Gasteiger partial charge is 0.433 e. The molecule has 0 spiro atoms. The van der Waals surface area contributed by atoms with E-state index in [4.69, 9.17) is 22.3 Å². The summed E-state index contributed by atoms with van der Waals surface area (Å²) in [4.78, 5) is 36.0. The normalized spacial score (nSPS) is 15.9. The number of nitrogens with one attached hydrogen (secondary N) is 1. The van der Waals surface area contributed by atoms with Crippen molar-refractivity contribution in [2.75, 3.05) is 24.1 Å². The number of nitrogens with zero attached hydrogens (tertiary/aromatic N) is 6. The van der Waals surface area contributed by atoms with Gasteiger partial charge < -0.3 is 16.0 Å². The van der Waals surface area contributed by atoms with Crippen molar-refractivity contribution in [3.05, 3.63) is 58.8 Å². The summed E-state index contributed by atoms with van der Waals surface area (Å²) in [7, 11) is 1.15. The first kappa shape index (κ1) is 27.4. The lowest BCUT2D eigenvalue weighted by molar-refractivity contribution is -0.143. The Morgan fingerprint density at radius 1 is 1.23 bits per heavy atom. The maximum atomic E-state index is 13.1. The van der Waals surface area contributed by atoms with Crippen molar-refractivity contribution in [2.24, 2.45) is 7.05 Å². The third kappa shape index (κ3) is 5.08. The Labute approximate surface area is 231 Å². The summed E-state index contributed by atoms with van der Waals surface area (Å²) in [5, 5.41) is 6.44. The van der Waals surface area contributed by atoms with Gasteiger partial charge in [-0.25, -0.2) is 9.97 Å². The molecule has 40 heavy (non-hydrogen) atoms. The summed E-state index contributed by atoms with van der Waals surface area (Å²) in [5.41, 5.74) is 7.13. The van der Waals surface area contributed by atoms with E-state index in [0.29, 0.717) is 51.9 Å². The molecular formula is C26H26ClF3N8O2. The Balaban J connectivity index is 1.46. The summed E-state index contributed by atoms with van der Waals surface area (Å²) < 4.78 is 41.6. The van der Waals surface area contributed by atoms with E-state index in [2.05, 4.69) is 15.4 Å². The van der Waals surface area contributed by atoms with Crippen molar-refractivity contribution in [2.45, 2.75) is 38.3 Å². The molecule has 210 valence electrons. The Kier molecular flexibility index (Phi) is 7.17. The van der Waals surface area contributed by atoms with Gasteiger partial charge in [-0.2, -0.15) is 18.3 Å². The third-order valence-electron chi connectivity index (χ3n) is 6.94. The predicted molar refractivity (Wildman–Crippen MR) is 143 cm³/mol. The molecule has 3 aromatic heterocycles. The standard InChI is InChI=1S/C26H26ClF3N8O2/c1-3-20(39)37-10-4-5-16(13-37)24-34-21(22-23(31)32-12-18(27)38(22)24)14-6-8-15(9-7-14)25(40)33-19-11-17(26(28,29)30)36(2)35-19/h6-9,11-12,16H,3-5,10,13H2,1-2H3,(H2,31,32)(H,33,35,40). The van der Waals surface area contributed by atoms with E-state index in [1.54, 1.807) is 16.5 Å². The molecule has 4 aromatic rings. The number of imidazole rings is 1. The zero-order valence-corrected chi connectivity index (χ0v) is 22.4. The number of piperidine rings is 1. The van der Waals surface area contributed by atoms with Crippen LogP contribution < -0.4 is 11.1 Å². The van der Waals surface area contributed by atoms with Crippen molar-refractivity contribution in [3.63, 3.8) is 0 Å². The molecule has 14 heteroatoms. The highest BCUT2D eigenvalue weighted by molar-refractivity contribution is 6.30. The molecule has 0 saturated carbocycles. The molecule has 1 aliphatic heterocycles. The second-order valence-corrected chi connectivity index (χ2v) is 9.96. The SMILES string of the molecule is CCC(=O)N1CCCC(c2nc(-c3ccc(C(=O)Nc4cc(C(F)(F)F)n(C)n4)cc3)c3c(N)ncc(Cl)n23)C1. The number of amides is 2. The number of halogens is 4. The lowest BCUT2D eigenvalue weighted by Gasteiger charge is -2.32. The quantitative estimate of drug-likeness (QED) is 0.354. The maximum absolute atomic E-state index is 13.1. The summed E-state index contributed by atoms with van der Waals surface area (Å²) in [6, 6.07) is 7.15. The first-order chi connectivity index (χ1) is 19.0. The number of likely N-dealkylation sites (tertiary alicyclic amines) is 1. The number of aromatic nitrogens is 5. The molecule has 2 amide bonds. The predicted octanol–water partition coefficient (Wildman–Crippen LogP) is 4.75. The van der Waals surface area contributed by atoms with Crippen LogP contribution in [0.15, 0.2) is 36.5 Å². The smallest absolute Gasteiger partial charge is 0.382 e. The third-order valence-corrected chi connectivity index (χ3v) is 7.21. The van der Waals surface area contributed by atoms with E-state index >= 15 is 0 Å². The van der Waals surface area contributed by atoms with Crippen LogP contribution in [-0.4, -0.2) is 54.0 Å². The summed E-state index contributed by atoms with van der Waals surface area (Å²) in [5.74, 6) is 0.0381. The highest BCUT2D eigenvalue weighted by atomic mass is 35.5. The molecule has 1 saturated heterocycles. The average Bonchev–Trinajstić information content (AvgIpc) is 3.52. The lowest BCUT2D eigenvalue weighted by Crippen LogP contribution is -2.39. The second kappa shape index (κ2) is 10.5. The zero-order valence-electron chi connectivity index (χ0n) is 21.7. The number of nitrogen functional groups attached to an aromatic ring is 1. The monoisotopic (exact) mass is 574 g/mol. The number of anilines is 2. The van der Waals surface area contributed by atoms with Crippen LogP contribution in [-0.2, 0) is 18.0 Å². The number of carbonyl (C=O) groups excluding carboxylic acids is 2. The fourth-order valence-electron chi connectivity index (χ4n) is 5.01. The number of alkyl halides is 3. The van der Waals surface area contributed by atoms with Gasteiger partial charge in [-0.1, -0.05) is 30.7 Å². The average molecular weight is 575 g/mol. The summed E-state index contributed by atoms with van der Waals surface area (Å²) >= 11 is 6.56. The lowest BCUT2D eigenvalue weighted by atomic mass is 9.97. The molecule has 0 bridgehead atoms. The molecule has 0 radical (unpaired) electrons. The van der Waals surface area contributed by atoms with Crippen LogP contribution in [0.3, 0.4) is 0 Å². The van der Waals surface area contributed by atoms with Gasteiger partial charge in [0.1, 0.15) is 33.7 Å². The molecule has 4 heterocycles. The molecule has 0 aliphatic carbocycles. The number of hydrogen-bond donors (Lipinski definition) is 2. The van der Waals surface area contributed by atoms with Gasteiger partial charge in [0.15, 0.2) is 5.82 Å². The van der Waals surface area contributed by atoms with Crippen molar-refractivity contribution >= 4 is 40.6 Å². The second-order valence-electron chi connectivity index (χ2n) is 9.57. The number of rotatable bonds is 5. The molecule has 1 aromatic carbocycles. The molecule has 3 N–H and O–H groups in total. The van der Waals surface area contributed by atoms with Crippen LogP contribution in [0.4, 0.5) is 24.8 Å². The molecular weight excluding hydrogens is 549 g/mol. The first-order valence-corrected chi connectivity index (χ1v) is 13.0. The first-order valence-electron chi connectivity index (χ1n) is 12.6. The van der Waals surface area contributed by atoms with Crippen molar-refractivity contribution in [1.29, 1.82) is 0 Å². The van der Waals surface area contributed by atoms with Crippen LogP contribution in [0.5, 0.6) is 0 Å². The summed E-state index contributed by atoms with van der Waals surface area (Å²) in [6.07, 6.45) is -1.09. The molecule has 1 unspecified atom stereocenters. The molecule has 10 nitrogen and oxygen atoms in total. The maximum Gasteiger partial charge on any atom is 0.433 e. The molecule has 1 atom stereocenters. The zero-order chi connectivity index (χ0) is 28.8. The number of aryl methyl sites for hydroxylation is 1. The number of hydrogen-bond acceptors (Lipinski definition) is 6. The van der Waals surface area contributed by atoms with E-state index in [1.807, 2.05) is 11.8 Å². The van der Waals surface area contributed by atoms with Gasteiger partial charge in [0, 0.05) is 49.7 Å². The topological polar surface area (TPSA) is 123 Å². The minimum atomic E-state index is -4.60. The van der Waals surface area contributed by atoms with Gasteiger partial charge in [0.25, 0.3) is 5.91 Å². The number of carbonyl (C=O) groups is 2. The van der Waals surface area contributed by atoms with Crippen LogP contribution in [0.1, 0.15) is 54.0 Å². The number of nitrogens with two attached hydrogens (primary N) is 1. The van der Waals surface area contributed by atoms with Crippen molar-refractivity contribution < 1.29 is 22.8 Å². The minimum absolute atomic E-state index is 0.0742. The van der Waals surface area contributed by atoms with E-state index < -0.39 is 17.8 Å². The number of benzene rings is 1. The number of fused-ring (bicyclic) bond motifs is 1. The van der Waals surface area contributed by atoms with Crippen LogP contribution in [0.25, 0.3) is 16.8 Å². The molecule has 1 aliphatic rings. The van der Waals surface area contributed by atoms with E-state index in [1.165, 1.54) is 18.3 Å². The van der Waals surface area contributed by atoms with Gasteiger partial charge in [0.05, 0.1) is 6.20 Å². The molecule has 1 fully saturated rings. The Morgan fingerprint density at radius 3 is 2.60 bits per heavy atom.